The minimum atomic E-state index is 0.0404. The van der Waals surface area contributed by atoms with E-state index in [-0.39, 0.29) is 11.9 Å². The molecular formula is C24H30N4O2S. The lowest BCUT2D eigenvalue weighted by molar-refractivity contribution is 0.0217. The lowest BCUT2D eigenvalue weighted by Gasteiger charge is -2.49. The van der Waals surface area contributed by atoms with Crippen LogP contribution >= 0.6 is 11.8 Å². The van der Waals surface area contributed by atoms with Crippen molar-refractivity contribution < 1.29 is 9.53 Å². The number of nitrogens with zero attached hydrogens (tertiary/aromatic N) is 3. The molecule has 4 aliphatic rings. The van der Waals surface area contributed by atoms with Gasteiger partial charge in [-0.25, -0.2) is 4.98 Å². The lowest BCUT2D eigenvalue weighted by atomic mass is 9.79. The van der Waals surface area contributed by atoms with Gasteiger partial charge in [-0.2, -0.15) is 0 Å². The molecule has 4 saturated heterocycles. The van der Waals surface area contributed by atoms with Gasteiger partial charge in [0.1, 0.15) is 5.82 Å². The molecule has 0 spiro atoms. The molecule has 6 rings (SSSR count). The third-order valence-corrected chi connectivity index (χ3v) is 7.87. The molecule has 1 aromatic carbocycles. The lowest BCUT2D eigenvalue weighted by Crippen LogP contribution is -2.62. The highest BCUT2D eigenvalue weighted by Gasteiger charge is 2.40. The zero-order valence-corrected chi connectivity index (χ0v) is 18.8. The van der Waals surface area contributed by atoms with Gasteiger partial charge in [-0.3, -0.25) is 9.69 Å². The molecule has 0 aliphatic carbocycles. The van der Waals surface area contributed by atoms with Crippen LogP contribution in [0, 0.1) is 5.92 Å². The molecule has 31 heavy (non-hydrogen) atoms. The van der Waals surface area contributed by atoms with E-state index in [1.807, 2.05) is 30.5 Å². The Morgan fingerprint density at radius 3 is 2.39 bits per heavy atom. The third-order valence-electron chi connectivity index (χ3n) is 6.88. The topological polar surface area (TPSA) is 57.7 Å². The van der Waals surface area contributed by atoms with Crippen molar-refractivity contribution in [2.24, 2.45) is 5.92 Å². The van der Waals surface area contributed by atoms with Gasteiger partial charge in [0.2, 0.25) is 0 Å². The molecule has 5 heterocycles. The maximum absolute atomic E-state index is 12.8. The highest BCUT2D eigenvalue weighted by Crippen LogP contribution is 2.32. The first-order valence-electron chi connectivity index (χ1n) is 11.3. The first kappa shape index (κ1) is 20.8. The van der Waals surface area contributed by atoms with Crippen LogP contribution in [-0.2, 0) is 4.74 Å². The number of rotatable bonds is 5. The molecule has 1 aromatic heterocycles. The molecule has 1 amide bonds. The van der Waals surface area contributed by atoms with Crippen LogP contribution in [0.5, 0.6) is 0 Å². The van der Waals surface area contributed by atoms with Crippen molar-refractivity contribution in [1.29, 1.82) is 0 Å². The van der Waals surface area contributed by atoms with Crippen molar-refractivity contribution in [2.45, 2.75) is 41.6 Å². The minimum Gasteiger partial charge on any atom is -0.378 e. The van der Waals surface area contributed by atoms with Crippen molar-refractivity contribution in [3.63, 3.8) is 0 Å². The number of hydrogen-bond acceptors (Lipinski definition) is 6. The number of aromatic nitrogens is 1. The van der Waals surface area contributed by atoms with Crippen LogP contribution in [0.1, 0.15) is 30.1 Å². The Labute approximate surface area is 188 Å². The molecule has 7 heteroatoms. The molecule has 2 bridgehead atoms. The van der Waals surface area contributed by atoms with Crippen LogP contribution < -0.4 is 10.2 Å². The van der Waals surface area contributed by atoms with E-state index in [4.69, 9.17) is 4.74 Å². The number of ether oxygens (including phenoxy) is 1. The fourth-order valence-electron chi connectivity index (χ4n) is 5.00. The molecule has 1 N–H and O–H groups in total. The van der Waals surface area contributed by atoms with Gasteiger partial charge in [0.05, 0.1) is 13.2 Å². The SMILES string of the molecule is C[C@@H]1[C@H](NC(=O)c2ccc(Sc3ccc(N4CCOCC4)nc3)cc2)C2CCN1CC2. The summed E-state index contributed by atoms with van der Waals surface area (Å²) < 4.78 is 5.41. The van der Waals surface area contributed by atoms with E-state index in [1.54, 1.807) is 11.8 Å². The monoisotopic (exact) mass is 438 g/mol. The molecule has 164 valence electrons. The Balaban J connectivity index is 1.18. The van der Waals surface area contributed by atoms with Crippen molar-refractivity contribution in [2.75, 3.05) is 44.3 Å². The molecule has 0 saturated carbocycles. The molecule has 0 radical (unpaired) electrons. The summed E-state index contributed by atoms with van der Waals surface area (Å²) in [6, 6.07) is 12.8. The van der Waals surface area contributed by atoms with Gasteiger partial charge in [0, 0.05) is 46.7 Å². The standard InChI is InChI=1S/C24H30N4O2S/c1-17-23(18-8-10-27(17)11-9-18)26-24(29)19-2-4-20(5-3-19)31-21-6-7-22(25-16-21)28-12-14-30-15-13-28/h2-7,16-18,23H,8-15H2,1H3,(H,26,29)/t17-,23+/m1/s1. The fourth-order valence-corrected chi connectivity index (χ4v) is 5.79. The van der Waals surface area contributed by atoms with E-state index in [1.165, 1.54) is 25.9 Å². The number of carbonyl (C=O) groups excluding carboxylic acids is 1. The number of hydrogen-bond donors (Lipinski definition) is 1. The number of benzene rings is 1. The van der Waals surface area contributed by atoms with E-state index in [9.17, 15) is 4.79 Å². The van der Waals surface area contributed by atoms with Crippen LogP contribution in [0.3, 0.4) is 0 Å². The zero-order valence-electron chi connectivity index (χ0n) is 18.0. The van der Waals surface area contributed by atoms with Crippen molar-refractivity contribution in [3.05, 3.63) is 48.2 Å². The van der Waals surface area contributed by atoms with Crippen molar-refractivity contribution >= 4 is 23.5 Å². The summed E-state index contributed by atoms with van der Waals surface area (Å²) in [5.74, 6) is 1.66. The zero-order chi connectivity index (χ0) is 21.2. The number of carbonyl (C=O) groups is 1. The summed E-state index contributed by atoms with van der Waals surface area (Å²) in [5, 5.41) is 3.31. The first-order chi connectivity index (χ1) is 15.2. The summed E-state index contributed by atoms with van der Waals surface area (Å²) in [5.41, 5.74) is 0.730. The van der Waals surface area contributed by atoms with Gasteiger partial charge >= 0.3 is 0 Å². The van der Waals surface area contributed by atoms with Gasteiger partial charge in [0.15, 0.2) is 0 Å². The second-order valence-electron chi connectivity index (χ2n) is 8.69. The smallest absolute Gasteiger partial charge is 0.251 e. The average molecular weight is 439 g/mol. The number of amides is 1. The van der Waals surface area contributed by atoms with Gasteiger partial charge < -0.3 is 15.0 Å². The summed E-state index contributed by atoms with van der Waals surface area (Å²) in [4.78, 5) is 24.4. The molecular weight excluding hydrogens is 408 g/mol. The number of morpholine rings is 1. The predicted octanol–water partition coefficient (Wildman–Crippen LogP) is 3.28. The van der Waals surface area contributed by atoms with Crippen LogP contribution in [0.4, 0.5) is 5.82 Å². The van der Waals surface area contributed by atoms with E-state index in [0.717, 1.165) is 47.5 Å². The number of pyridine rings is 1. The summed E-state index contributed by atoms with van der Waals surface area (Å²) in [7, 11) is 0. The van der Waals surface area contributed by atoms with Gasteiger partial charge in [-0.1, -0.05) is 11.8 Å². The highest BCUT2D eigenvalue weighted by molar-refractivity contribution is 7.99. The van der Waals surface area contributed by atoms with Crippen molar-refractivity contribution in [3.8, 4) is 0 Å². The van der Waals surface area contributed by atoms with Crippen LogP contribution in [0.2, 0.25) is 0 Å². The highest BCUT2D eigenvalue weighted by atomic mass is 32.2. The quantitative estimate of drug-likeness (QED) is 0.773. The van der Waals surface area contributed by atoms with E-state index >= 15 is 0 Å². The summed E-state index contributed by atoms with van der Waals surface area (Å²) in [6.07, 6.45) is 4.32. The number of nitrogens with one attached hydrogen (secondary N) is 1. The van der Waals surface area contributed by atoms with Crippen LogP contribution in [0.15, 0.2) is 52.4 Å². The first-order valence-corrected chi connectivity index (χ1v) is 12.1. The molecule has 6 nitrogen and oxygen atoms in total. The maximum Gasteiger partial charge on any atom is 0.251 e. The fraction of sp³-hybridized carbons (Fsp3) is 0.500. The Kier molecular flexibility index (Phi) is 6.16. The largest absolute Gasteiger partial charge is 0.378 e. The van der Waals surface area contributed by atoms with Gasteiger partial charge in [-0.05, 0) is 75.2 Å². The van der Waals surface area contributed by atoms with Crippen LogP contribution in [-0.4, -0.2) is 67.3 Å². The Morgan fingerprint density at radius 2 is 1.74 bits per heavy atom. The third kappa shape index (κ3) is 4.59. The van der Waals surface area contributed by atoms with Gasteiger partial charge in [0.25, 0.3) is 5.91 Å². The predicted molar refractivity (Wildman–Crippen MR) is 123 cm³/mol. The van der Waals surface area contributed by atoms with Crippen LogP contribution in [0.25, 0.3) is 0 Å². The number of fused-ring (bicyclic) bond motifs is 3. The molecule has 0 unspecified atom stereocenters. The number of piperidine rings is 3. The molecule has 4 aliphatic heterocycles. The second-order valence-corrected chi connectivity index (χ2v) is 9.84. The van der Waals surface area contributed by atoms with Crippen molar-refractivity contribution in [1.82, 2.24) is 15.2 Å². The summed E-state index contributed by atoms with van der Waals surface area (Å²) >= 11 is 1.67. The number of anilines is 1. The second kappa shape index (κ2) is 9.18. The average Bonchev–Trinajstić information content (AvgIpc) is 2.83. The Morgan fingerprint density at radius 1 is 1.03 bits per heavy atom. The normalized spacial score (nSPS) is 27.8. The summed E-state index contributed by atoms with van der Waals surface area (Å²) in [6.45, 7) is 7.89. The minimum absolute atomic E-state index is 0.0404. The van der Waals surface area contributed by atoms with E-state index in [0.29, 0.717) is 12.0 Å². The molecule has 4 fully saturated rings. The molecule has 2 aromatic rings. The van der Waals surface area contributed by atoms with E-state index in [2.05, 4.69) is 39.2 Å². The van der Waals surface area contributed by atoms with Gasteiger partial charge in [-0.15, -0.1) is 0 Å². The maximum atomic E-state index is 12.8. The Hall–Kier alpha value is -2.09. The molecule has 2 atom stereocenters. The van der Waals surface area contributed by atoms with E-state index < -0.39 is 0 Å². The Bertz CT molecular complexity index is 889.